The summed E-state index contributed by atoms with van der Waals surface area (Å²) in [6.07, 6.45) is 1.75. The maximum Gasteiger partial charge on any atom is 0.263 e. The first kappa shape index (κ1) is 10.8. The molecule has 3 rings (SSSR count). The zero-order valence-corrected chi connectivity index (χ0v) is 11.0. The van der Waals surface area contributed by atoms with E-state index in [1.54, 1.807) is 16.3 Å². The first-order valence-electron chi connectivity index (χ1n) is 4.83. The van der Waals surface area contributed by atoms with Gasteiger partial charge in [0.05, 0.1) is 17.4 Å². The third-order valence-corrected chi connectivity index (χ3v) is 4.32. The van der Waals surface area contributed by atoms with Crippen molar-refractivity contribution in [2.75, 3.05) is 0 Å². The predicted molar refractivity (Wildman–Crippen MR) is 72.5 cm³/mol. The van der Waals surface area contributed by atoms with E-state index in [9.17, 15) is 4.79 Å². The molecule has 86 valence electrons. The van der Waals surface area contributed by atoms with Crippen LogP contribution in [0.3, 0.4) is 0 Å². The van der Waals surface area contributed by atoms with E-state index in [0.29, 0.717) is 16.7 Å². The molecule has 0 atom stereocenters. The first-order valence-corrected chi connectivity index (χ1v) is 7.00. The van der Waals surface area contributed by atoms with Crippen LogP contribution in [0.2, 0.25) is 0 Å². The molecular formula is C10H7N3OS3. The highest BCUT2D eigenvalue weighted by Gasteiger charge is 2.07. The molecule has 0 radical (unpaired) electrons. The van der Waals surface area contributed by atoms with Crippen LogP contribution in [0.25, 0.3) is 10.2 Å². The van der Waals surface area contributed by atoms with E-state index in [0.717, 1.165) is 9.71 Å². The number of hydrogen-bond donors (Lipinski definition) is 1. The van der Waals surface area contributed by atoms with Gasteiger partial charge in [-0.05, 0) is 23.7 Å². The second-order valence-corrected chi connectivity index (χ2v) is 5.73. The average Bonchev–Trinajstić information content (AvgIpc) is 2.94. The van der Waals surface area contributed by atoms with Gasteiger partial charge in [0, 0.05) is 11.1 Å². The van der Waals surface area contributed by atoms with E-state index in [1.165, 1.54) is 22.7 Å². The van der Waals surface area contributed by atoms with Crippen molar-refractivity contribution in [2.24, 2.45) is 0 Å². The molecule has 17 heavy (non-hydrogen) atoms. The second kappa shape index (κ2) is 4.17. The lowest BCUT2D eigenvalue weighted by molar-refractivity contribution is 0.743. The van der Waals surface area contributed by atoms with Crippen LogP contribution in [-0.4, -0.2) is 14.5 Å². The van der Waals surface area contributed by atoms with E-state index in [-0.39, 0.29) is 5.56 Å². The normalized spacial score (nSPS) is 11.1. The Morgan fingerprint density at radius 3 is 3.12 bits per heavy atom. The van der Waals surface area contributed by atoms with Crippen LogP contribution in [0, 0.1) is 4.77 Å². The minimum atomic E-state index is -0.0431. The summed E-state index contributed by atoms with van der Waals surface area (Å²) >= 11 is 8.21. The highest BCUT2D eigenvalue weighted by atomic mass is 32.1. The zero-order chi connectivity index (χ0) is 11.8. The summed E-state index contributed by atoms with van der Waals surface area (Å²) in [6.45, 7) is 0.477. The predicted octanol–water partition coefficient (Wildman–Crippen LogP) is 2.63. The van der Waals surface area contributed by atoms with Crippen LogP contribution < -0.4 is 5.56 Å². The molecule has 0 aliphatic rings. The molecule has 0 aliphatic heterocycles. The van der Waals surface area contributed by atoms with Gasteiger partial charge in [0.2, 0.25) is 0 Å². The molecule has 0 amide bonds. The maximum absolute atomic E-state index is 12.2. The highest BCUT2D eigenvalue weighted by molar-refractivity contribution is 7.71. The highest BCUT2D eigenvalue weighted by Crippen LogP contribution is 2.15. The third-order valence-electron chi connectivity index (χ3n) is 2.40. The van der Waals surface area contributed by atoms with Gasteiger partial charge in [0.25, 0.3) is 5.56 Å². The zero-order valence-electron chi connectivity index (χ0n) is 8.54. The Labute approximate surface area is 109 Å². The first-order chi connectivity index (χ1) is 8.25. The minimum Gasteiger partial charge on any atom is -0.323 e. The third kappa shape index (κ3) is 1.86. The molecule has 4 nitrogen and oxygen atoms in total. The molecule has 0 aliphatic carbocycles. The molecule has 3 heterocycles. The van der Waals surface area contributed by atoms with Crippen LogP contribution in [-0.2, 0) is 6.54 Å². The molecule has 0 bridgehead atoms. The van der Waals surface area contributed by atoms with Gasteiger partial charge in [-0.25, -0.2) is 0 Å². The van der Waals surface area contributed by atoms with Gasteiger partial charge in [-0.15, -0.1) is 22.7 Å². The number of thiazole rings is 1. The Kier molecular flexibility index (Phi) is 2.65. The Morgan fingerprint density at radius 1 is 1.47 bits per heavy atom. The summed E-state index contributed by atoms with van der Waals surface area (Å²) in [4.78, 5) is 21.1. The molecule has 3 aromatic rings. The van der Waals surface area contributed by atoms with Gasteiger partial charge >= 0.3 is 0 Å². The van der Waals surface area contributed by atoms with Crippen LogP contribution in [0.15, 0.2) is 27.9 Å². The van der Waals surface area contributed by atoms with Crippen molar-refractivity contribution in [1.82, 2.24) is 14.5 Å². The number of aromatic amines is 1. The molecule has 0 saturated heterocycles. The number of aromatic nitrogens is 3. The van der Waals surface area contributed by atoms with Crippen molar-refractivity contribution < 1.29 is 0 Å². The van der Waals surface area contributed by atoms with Crippen LogP contribution >= 0.6 is 34.9 Å². The van der Waals surface area contributed by atoms with Crippen molar-refractivity contribution >= 4 is 45.1 Å². The van der Waals surface area contributed by atoms with Gasteiger partial charge in [-0.2, -0.15) is 0 Å². The van der Waals surface area contributed by atoms with E-state index < -0.39 is 0 Å². The molecule has 0 aromatic carbocycles. The van der Waals surface area contributed by atoms with Gasteiger partial charge in [0.15, 0.2) is 4.77 Å². The van der Waals surface area contributed by atoms with Gasteiger partial charge in [0.1, 0.15) is 4.83 Å². The van der Waals surface area contributed by atoms with Crippen LogP contribution in [0.4, 0.5) is 0 Å². The van der Waals surface area contributed by atoms with Crippen molar-refractivity contribution in [1.29, 1.82) is 0 Å². The van der Waals surface area contributed by atoms with E-state index in [2.05, 4.69) is 9.97 Å². The largest absolute Gasteiger partial charge is 0.323 e. The van der Waals surface area contributed by atoms with E-state index in [1.807, 2.05) is 11.4 Å². The number of nitrogens with zero attached hydrogens (tertiary/aromatic N) is 2. The van der Waals surface area contributed by atoms with Gasteiger partial charge < -0.3 is 4.98 Å². The number of hydrogen-bond acceptors (Lipinski definition) is 5. The number of fused-ring (bicyclic) bond motifs is 1. The lowest BCUT2D eigenvalue weighted by Crippen LogP contribution is -2.21. The van der Waals surface area contributed by atoms with Crippen molar-refractivity contribution in [2.45, 2.75) is 6.54 Å². The van der Waals surface area contributed by atoms with Gasteiger partial charge in [-0.1, -0.05) is 0 Å². The molecule has 7 heteroatoms. The standard InChI is InChI=1S/C10H7N3OS3/c14-9-7-1-2-16-8(7)12-10(15)13(9)4-6-3-11-5-17-6/h1-3,5H,4H2,(H,12,15). The topological polar surface area (TPSA) is 50.7 Å². The SMILES string of the molecule is O=c1c2ccsc2[nH]c(=S)n1Cc1cncs1. The van der Waals surface area contributed by atoms with Gasteiger partial charge in [-0.3, -0.25) is 14.3 Å². The fourth-order valence-corrected chi connectivity index (χ4v) is 3.27. The second-order valence-electron chi connectivity index (χ2n) is 3.45. The average molecular weight is 281 g/mol. The van der Waals surface area contributed by atoms with E-state index >= 15 is 0 Å². The Balaban J connectivity index is 2.22. The summed E-state index contributed by atoms with van der Waals surface area (Å²) in [5.41, 5.74) is 1.70. The Hall–Kier alpha value is -1.31. The molecule has 0 spiro atoms. The Bertz CT molecular complexity index is 766. The summed E-state index contributed by atoms with van der Waals surface area (Å²) in [5, 5.41) is 2.57. The lowest BCUT2D eigenvalue weighted by atomic mass is 10.4. The molecule has 0 fully saturated rings. The quantitative estimate of drug-likeness (QED) is 0.735. The molecule has 3 aromatic heterocycles. The smallest absolute Gasteiger partial charge is 0.263 e. The monoisotopic (exact) mass is 281 g/mol. The van der Waals surface area contributed by atoms with Crippen molar-refractivity contribution in [3.63, 3.8) is 0 Å². The molecular weight excluding hydrogens is 274 g/mol. The Morgan fingerprint density at radius 2 is 2.35 bits per heavy atom. The fraction of sp³-hybridized carbons (Fsp3) is 0.100. The lowest BCUT2D eigenvalue weighted by Gasteiger charge is -2.03. The van der Waals surface area contributed by atoms with Crippen molar-refractivity contribution in [3.05, 3.63) is 43.2 Å². The molecule has 0 unspecified atom stereocenters. The van der Waals surface area contributed by atoms with Crippen LogP contribution in [0.1, 0.15) is 4.88 Å². The number of nitrogens with one attached hydrogen (secondary N) is 1. The summed E-state index contributed by atoms with van der Waals surface area (Å²) < 4.78 is 2.02. The van der Waals surface area contributed by atoms with Crippen molar-refractivity contribution in [3.8, 4) is 0 Å². The fourth-order valence-electron chi connectivity index (χ4n) is 1.60. The summed E-state index contributed by atoms with van der Waals surface area (Å²) in [7, 11) is 0. The van der Waals surface area contributed by atoms with Crippen LogP contribution in [0.5, 0.6) is 0 Å². The minimum absolute atomic E-state index is 0.0431. The number of rotatable bonds is 2. The summed E-state index contributed by atoms with van der Waals surface area (Å²) in [6, 6.07) is 1.82. The van der Waals surface area contributed by atoms with E-state index in [4.69, 9.17) is 12.2 Å². The summed E-state index contributed by atoms with van der Waals surface area (Å²) in [5.74, 6) is 0. The molecule has 0 saturated carbocycles. The number of thiophene rings is 1. The molecule has 1 N–H and O–H groups in total. The maximum atomic E-state index is 12.2. The number of H-pyrrole nitrogens is 1.